The Morgan fingerprint density at radius 1 is 1.22 bits per heavy atom. The molecule has 0 bridgehead atoms. The summed E-state index contributed by atoms with van der Waals surface area (Å²) in [4.78, 5) is 22.6. The van der Waals surface area contributed by atoms with Crippen LogP contribution in [0.1, 0.15) is 33.6 Å². The predicted octanol–water partition coefficient (Wildman–Crippen LogP) is 3.43. The highest BCUT2D eigenvalue weighted by Gasteiger charge is 2.47. The topological polar surface area (TPSA) is 43.4 Å². The molecule has 0 amide bonds. The first-order valence-electron chi connectivity index (χ1n) is 7.68. The third kappa shape index (κ3) is 5.06. The van der Waals surface area contributed by atoms with E-state index in [0.717, 1.165) is 6.42 Å². The van der Waals surface area contributed by atoms with E-state index in [1.807, 2.05) is 6.08 Å². The lowest BCUT2D eigenvalue weighted by Gasteiger charge is -2.43. The van der Waals surface area contributed by atoms with Crippen LogP contribution in [0.15, 0.2) is 24.3 Å². The fourth-order valence-electron chi connectivity index (χ4n) is 1.90. The first-order chi connectivity index (χ1) is 10.6. The van der Waals surface area contributed by atoms with Crippen LogP contribution in [-0.4, -0.2) is 26.0 Å². The van der Waals surface area contributed by atoms with Gasteiger partial charge in [-0.1, -0.05) is 44.6 Å². The average molecular weight is 328 g/mol. The van der Waals surface area contributed by atoms with Crippen LogP contribution in [0.2, 0.25) is 18.1 Å². The van der Waals surface area contributed by atoms with E-state index < -0.39 is 13.9 Å². The summed E-state index contributed by atoms with van der Waals surface area (Å²) in [6.45, 7) is 10.6. The Morgan fingerprint density at radius 3 is 2.43 bits per heavy atom. The molecule has 0 heterocycles. The SMILES string of the molecule is CC(C)(C)[Si](C)(C)OC1(C#C/C=C\C#CC=O)CCC=CC1=O. The molecule has 1 unspecified atom stereocenters. The van der Waals surface area contributed by atoms with Gasteiger partial charge in [-0.25, -0.2) is 0 Å². The molecule has 0 aromatic carbocycles. The van der Waals surface area contributed by atoms with Gasteiger partial charge in [-0.15, -0.1) is 0 Å². The van der Waals surface area contributed by atoms with Crippen LogP contribution in [0.25, 0.3) is 0 Å². The summed E-state index contributed by atoms with van der Waals surface area (Å²) >= 11 is 0. The number of allylic oxidation sites excluding steroid dienone is 3. The second-order valence-electron chi connectivity index (χ2n) is 7.00. The van der Waals surface area contributed by atoms with Crippen LogP contribution >= 0.6 is 0 Å². The van der Waals surface area contributed by atoms with Gasteiger partial charge in [0.15, 0.2) is 26.0 Å². The molecule has 0 radical (unpaired) electrons. The van der Waals surface area contributed by atoms with Gasteiger partial charge in [0.05, 0.1) is 0 Å². The maximum atomic E-state index is 12.5. The second kappa shape index (κ2) is 7.59. The zero-order valence-corrected chi connectivity index (χ0v) is 15.5. The Balaban J connectivity index is 3.13. The second-order valence-corrected chi connectivity index (χ2v) is 11.7. The van der Waals surface area contributed by atoms with Gasteiger partial charge in [0, 0.05) is 0 Å². The van der Waals surface area contributed by atoms with Crippen molar-refractivity contribution in [2.75, 3.05) is 0 Å². The fourth-order valence-corrected chi connectivity index (χ4v) is 3.33. The van der Waals surface area contributed by atoms with Gasteiger partial charge < -0.3 is 4.43 Å². The van der Waals surface area contributed by atoms with Crippen molar-refractivity contribution in [1.82, 2.24) is 0 Å². The smallest absolute Gasteiger partial charge is 0.198 e. The highest BCUT2D eigenvalue weighted by Crippen LogP contribution is 2.41. The number of hydrogen-bond donors (Lipinski definition) is 0. The molecule has 0 fully saturated rings. The summed E-state index contributed by atoms with van der Waals surface area (Å²) in [6, 6.07) is 0. The zero-order valence-electron chi connectivity index (χ0n) is 14.5. The highest BCUT2D eigenvalue weighted by atomic mass is 28.4. The first-order valence-corrected chi connectivity index (χ1v) is 10.6. The van der Waals surface area contributed by atoms with Crippen LogP contribution in [0.4, 0.5) is 0 Å². The quantitative estimate of drug-likeness (QED) is 0.443. The molecule has 1 aliphatic rings. The van der Waals surface area contributed by atoms with E-state index in [1.165, 1.54) is 6.08 Å². The number of carbonyl (C=O) groups excluding carboxylic acids is 2. The van der Waals surface area contributed by atoms with E-state index >= 15 is 0 Å². The standard InChI is InChI=1S/C19H24O3Si/c1-18(2,3)23(4,5)22-19(15-11-9-13-17(19)21)14-10-7-6-8-12-16-20/h6-7,9,13,16H,11,15H2,1-5H3/b7-6-. The molecule has 4 heteroatoms. The molecule has 122 valence electrons. The number of aldehydes is 1. The van der Waals surface area contributed by atoms with Gasteiger partial charge in [-0.3, -0.25) is 9.59 Å². The Labute approximate surface area is 140 Å². The first kappa shape index (κ1) is 19.2. The van der Waals surface area contributed by atoms with Crippen LogP contribution in [0.3, 0.4) is 0 Å². The van der Waals surface area contributed by atoms with Crippen molar-refractivity contribution in [1.29, 1.82) is 0 Å². The van der Waals surface area contributed by atoms with Gasteiger partial charge in [-0.05, 0) is 55.1 Å². The normalized spacial score (nSPS) is 21.3. The van der Waals surface area contributed by atoms with Crippen molar-refractivity contribution in [2.24, 2.45) is 0 Å². The molecule has 0 spiro atoms. The molecule has 1 rings (SSSR count). The summed E-state index contributed by atoms with van der Waals surface area (Å²) in [7, 11) is -2.14. The Hall–Kier alpha value is -1.88. The third-order valence-corrected chi connectivity index (χ3v) is 8.70. The van der Waals surface area contributed by atoms with Crippen molar-refractivity contribution >= 4 is 20.4 Å². The predicted molar refractivity (Wildman–Crippen MR) is 95.2 cm³/mol. The molecule has 0 aromatic rings. The molecule has 1 aliphatic carbocycles. The van der Waals surface area contributed by atoms with E-state index in [0.29, 0.717) is 12.7 Å². The molecule has 0 aromatic heterocycles. The Bertz CT molecular complexity index is 642. The highest BCUT2D eigenvalue weighted by molar-refractivity contribution is 6.74. The zero-order chi connectivity index (χ0) is 17.6. The van der Waals surface area contributed by atoms with Crippen LogP contribution < -0.4 is 0 Å². The minimum atomic E-state index is -2.14. The van der Waals surface area contributed by atoms with E-state index in [-0.39, 0.29) is 10.8 Å². The van der Waals surface area contributed by atoms with Crippen LogP contribution in [0.5, 0.6) is 0 Å². The van der Waals surface area contributed by atoms with Crippen molar-refractivity contribution < 1.29 is 14.0 Å². The van der Waals surface area contributed by atoms with Crippen LogP contribution in [0, 0.1) is 23.7 Å². The van der Waals surface area contributed by atoms with E-state index in [4.69, 9.17) is 4.43 Å². The Kier molecular flexibility index (Phi) is 6.33. The summed E-state index contributed by atoms with van der Waals surface area (Å²) in [5.74, 6) is 10.6. The van der Waals surface area contributed by atoms with Crippen molar-refractivity contribution in [2.45, 2.75) is 57.3 Å². The number of carbonyl (C=O) groups is 2. The van der Waals surface area contributed by atoms with E-state index in [2.05, 4.69) is 57.5 Å². The Morgan fingerprint density at radius 2 is 1.87 bits per heavy atom. The molecule has 3 nitrogen and oxygen atoms in total. The molecule has 0 N–H and O–H groups in total. The number of ketones is 1. The van der Waals surface area contributed by atoms with Gasteiger partial charge in [0.25, 0.3) is 0 Å². The molecular weight excluding hydrogens is 304 g/mol. The molecular formula is C19H24O3Si. The fraction of sp³-hybridized carbons (Fsp3) is 0.474. The molecule has 0 saturated carbocycles. The summed E-state index contributed by atoms with van der Waals surface area (Å²) in [6.07, 6.45) is 8.32. The maximum absolute atomic E-state index is 12.5. The lowest BCUT2D eigenvalue weighted by Crippen LogP contribution is -2.53. The van der Waals surface area contributed by atoms with Crippen molar-refractivity contribution in [3.05, 3.63) is 24.3 Å². The van der Waals surface area contributed by atoms with Crippen molar-refractivity contribution in [3.8, 4) is 23.7 Å². The van der Waals surface area contributed by atoms with Gasteiger partial charge in [0.2, 0.25) is 0 Å². The van der Waals surface area contributed by atoms with Crippen LogP contribution in [-0.2, 0) is 14.0 Å². The third-order valence-electron chi connectivity index (χ3n) is 4.23. The minimum absolute atomic E-state index is 0.00556. The number of hydrogen-bond acceptors (Lipinski definition) is 3. The lowest BCUT2D eigenvalue weighted by molar-refractivity contribution is -0.126. The van der Waals surface area contributed by atoms with Gasteiger partial charge in [-0.2, -0.15) is 0 Å². The number of rotatable bonds is 2. The molecule has 23 heavy (non-hydrogen) atoms. The van der Waals surface area contributed by atoms with Crippen molar-refractivity contribution in [3.63, 3.8) is 0 Å². The largest absolute Gasteiger partial charge is 0.395 e. The van der Waals surface area contributed by atoms with E-state index in [9.17, 15) is 9.59 Å². The molecule has 0 aliphatic heterocycles. The lowest BCUT2D eigenvalue weighted by atomic mass is 9.89. The monoisotopic (exact) mass is 328 g/mol. The van der Waals surface area contributed by atoms with Gasteiger partial charge in [0.1, 0.15) is 0 Å². The molecule has 0 saturated heterocycles. The minimum Gasteiger partial charge on any atom is -0.395 e. The average Bonchev–Trinajstić information content (AvgIpc) is 2.44. The molecule has 1 atom stereocenters. The summed E-state index contributed by atoms with van der Waals surface area (Å²) in [5.41, 5.74) is -1.07. The summed E-state index contributed by atoms with van der Waals surface area (Å²) < 4.78 is 6.41. The summed E-state index contributed by atoms with van der Waals surface area (Å²) in [5, 5.41) is -0.00556. The maximum Gasteiger partial charge on any atom is 0.198 e. The van der Waals surface area contributed by atoms with E-state index in [1.54, 1.807) is 12.2 Å². The van der Waals surface area contributed by atoms with Gasteiger partial charge >= 0.3 is 0 Å².